The van der Waals surface area contributed by atoms with Crippen molar-refractivity contribution in [1.29, 1.82) is 0 Å². The van der Waals surface area contributed by atoms with Gasteiger partial charge in [0.25, 0.3) is 0 Å². The van der Waals surface area contributed by atoms with Gasteiger partial charge in [-0.15, -0.1) is 0 Å². The van der Waals surface area contributed by atoms with Gasteiger partial charge in [0, 0.05) is 0 Å². The van der Waals surface area contributed by atoms with Crippen LogP contribution in [0.1, 0.15) is 37.2 Å². The lowest BCUT2D eigenvalue weighted by Gasteiger charge is -2.19. The average Bonchev–Trinajstić information content (AvgIpc) is 3.03. The molecular weight excluding hydrogens is 376 g/mol. The molecular formula is C22H28O7. The van der Waals surface area contributed by atoms with Gasteiger partial charge in [0.1, 0.15) is 0 Å². The Bertz CT molecular complexity index is 758. The van der Waals surface area contributed by atoms with Crippen LogP contribution in [0.4, 0.5) is 0 Å². The number of hydrogen-bond donors (Lipinski definition) is 2. The standard InChI is InChI=1S/C22H28O7/c1-11-12(2)22(14-9-17(27-5)20(24)18(10-14)28-6)29-21(11)13-7-15(25-3)19(23)16(8-13)26-4/h7-12,21-24H,1-6H3. The molecule has 2 aromatic carbocycles. The fourth-order valence-corrected chi connectivity index (χ4v) is 3.88. The Morgan fingerprint density at radius 3 is 1.14 bits per heavy atom. The second kappa shape index (κ2) is 8.29. The minimum atomic E-state index is -0.232. The molecule has 0 saturated carbocycles. The van der Waals surface area contributed by atoms with Crippen molar-refractivity contribution in [3.63, 3.8) is 0 Å². The van der Waals surface area contributed by atoms with Gasteiger partial charge in [-0.2, -0.15) is 0 Å². The fraction of sp³-hybridized carbons (Fsp3) is 0.455. The molecule has 2 aromatic rings. The molecule has 1 fully saturated rings. The molecule has 158 valence electrons. The maximum atomic E-state index is 10.2. The van der Waals surface area contributed by atoms with Crippen molar-refractivity contribution in [3.8, 4) is 34.5 Å². The summed E-state index contributed by atoms with van der Waals surface area (Å²) in [6.07, 6.45) is -0.464. The van der Waals surface area contributed by atoms with Crippen molar-refractivity contribution in [2.45, 2.75) is 26.1 Å². The molecule has 4 atom stereocenters. The van der Waals surface area contributed by atoms with E-state index in [0.29, 0.717) is 23.0 Å². The average molecular weight is 404 g/mol. The molecule has 0 amide bonds. The number of ether oxygens (including phenoxy) is 5. The van der Waals surface area contributed by atoms with Crippen molar-refractivity contribution in [2.75, 3.05) is 28.4 Å². The predicted molar refractivity (Wildman–Crippen MR) is 107 cm³/mol. The topological polar surface area (TPSA) is 86.6 Å². The Hall–Kier alpha value is -2.80. The van der Waals surface area contributed by atoms with Crippen LogP contribution in [0.2, 0.25) is 0 Å². The molecule has 1 heterocycles. The molecule has 2 N–H and O–H groups in total. The molecule has 0 radical (unpaired) electrons. The third-order valence-corrected chi connectivity index (χ3v) is 5.74. The maximum absolute atomic E-state index is 10.2. The number of benzene rings is 2. The summed E-state index contributed by atoms with van der Waals surface area (Å²) < 4.78 is 27.6. The number of hydrogen-bond acceptors (Lipinski definition) is 7. The zero-order valence-electron chi connectivity index (χ0n) is 17.6. The molecule has 1 aliphatic heterocycles. The first-order valence-electron chi connectivity index (χ1n) is 9.41. The van der Waals surface area contributed by atoms with E-state index in [2.05, 4.69) is 13.8 Å². The van der Waals surface area contributed by atoms with Crippen LogP contribution in [-0.2, 0) is 4.74 Å². The third-order valence-electron chi connectivity index (χ3n) is 5.74. The molecule has 29 heavy (non-hydrogen) atoms. The number of phenolic OH excluding ortho intramolecular Hbond substituents is 2. The molecule has 0 spiro atoms. The summed E-state index contributed by atoms with van der Waals surface area (Å²) in [5, 5.41) is 20.4. The van der Waals surface area contributed by atoms with Crippen LogP contribution in [0.3, 0.4) is 0 Å². The lowest BCUT2D eigenvalue weighted by molar-refractivity contribution is 0.0285. The summed E-state index contributed by atoms with van der Waals surface area (Å²) in [7, 11) is 5.99. The Morgan fingerprint density at radius 1 is 0.621 bits per heavy atom. The third kappa shape index (κ3) is 3.62. The fourth-order valence-electron chi connectivity index (χ4n) is 3.88. The number of aromatic hydroxyl groups is 2. The number of rotatable bonds is 6. The molecule has 4 unspecified atom stereocenters. The van der Waals surface area contributed by atoms with E-state index in [9.17, 15) is 10.2 Å². The molecule has 7 nitrogen and oxygen atoms in total. The predicted octanol–water partition coefficient (Wildman–Crippen LogP) is 4.22. The van der Waals surface area contributed by atoms with E-state index in [0.717, 1.165) is 11.1 Å². The Morgan fingerprint density at radius 2 is 0.897 bits per heavy atom. The Balaban J connectivity index is 2.00. The van der Waals surface area contributed by atoms with E-state index in [1.54, 1.807) is 24.3 Å². The first-order valence-corrected chi connectivity index (χ1v) is 9.41. The van der Waals surface area contributed by atoms with Gasteiger partial charge in [0.05, 0.1) is 40.6 Å². The van der Waals surface area contributed by atoms with Crippen LogP contribution in [0.15, 0.2) is 24.3 Å². The van der Waals surface area contributed by atoms with Crippen molar-refractivity contribution in [2.24, 2.45) is 11.8 Å². The van der Waals surface area contributed by atoms with E-state index in [1.807, 2.05) is 0 Å². The highest BCUT2D eigenvalue weighted by atomic mass is 16.5. The Labute approximate surface area is 170 Å². The summed E-state index contributed by atoms with van der Waals surface area (Å²) in [6.45, 7) is 4.24. The molecule has 0 aromatic heterocycles. The molecule has 1 saturated heterocycles. The Kier molecular flexibility index (Phi) is 5.98. The van der Waals surface area contributed by atoms with E-state index >= 15 is 0 Å². The van der Waals surface area contributed by atoms with Crippen LogP contribution < -0.4 is 18.9 Å². The largest absolute Gasteiger partial charge is 0.502 e. The summed E-state index contributed by atoms with van der Waals surface area (Å²) in [6, 6.07) is 7.08. The number of methoxy groups -OCH3 is 4. The highest BCUT2D eigenvalue weighted by molar-refractivity contribution is 5.55. The van der Waals surface area contributed by atoms with Crippen molar-refractivity contribution < 1.29 is 33.9 Å². The lowest BCUT2D eigenvalue weighted by Crippen LogP contribution is -2.10. The molecule has 7 heteroatoms. The first kappa shape index (κ1) is 20.9. The van der Waals surface area contributed by atoms with Crippen LogP contribution in [-0.4, -0.2) is 38.7 Å². The summed E-state index contributed by atoms with van der Waals surface area (Å²) >= 11 is 0. The minimum absolute atomic E-state index is 0.0398. The van der Waals surface area contributed by atoms with Gasteiger partial charge in [-0.3, -0.25) is 0 Å². The van der Waals surface area contributed by atoms with E-state index < -0.39 is 0 Å². The first-order chi connectivity index (χ1) is 13.9. The van der Waals surface area contributed by atoms with E-state index in [4.69, 9.17) is 23.7 Å². The second-order valence-corrected chi connectivity index (χ2v) is 7.24. The molecule has 0 aliphatic carbocycles. The maximum Gasteiger partial charge on any atom is 0.200 e. The lowest BCUT2D eigenvalue weighted by atomic mass is 9.85. The monoisotopic (exact) mass is 404 g/mol. The van der Waals surface area contributed by atoms with Gasteiger partial charge in [0.2, 0.25) is 11.5 Å². The zero-order chi connectivity index (χ0) is 21.3. The minimum Gasteiger partial charge on any atom is -0.502 e. The van der Waals surface area contributed by atoms with Crippen molar-refractivity contribution in [1.82, 2.24) is 0 Å². The SMILES string of the molecule is COc1cc(C2OC(c3cc(OC)c(O)c(OC)c3)C(C)C2C)cc(OC)c1O. The van der Waals surface area contributed by atoms with Gasteiger partial charge < -0.3 is 33.9 Å². The summed E-state index contributed by atoms with van der Waals surface area (Å²) in [5.41, 5.74) is 1.71. The highest BCUT2D eigenvalue weighted by Gasteiger charge is 2.41. The van der Waals surface area contributed by atoms with E-state index in [-0.39, 0.29) is 35.5 Å². The normalized spacial score (nSPS) is 23.7. The highest BCUT2D eigenvalue weighted by Crippen LogP contribution is 2.52. The van der Waals surface area contributed by atoms with Crippen LogP contribution in [0.25, 0.3) is 0 Å². The zero-order valence-corrected chi connectivity index (χ0v) is 17.6. The van der Waals surface area contributed by atoms with Gasteiger partial charge in [-0.1, -0.05) is 13.8 Å². The van der Waals surface area contributed by atoms with Gasteiger partial charge in [-0.05, 0) is 47.2 Å². The van der Waals surface area contributed by atoms with E-state index in [1.165, 1.54) is 28.4 Å². The summed E-state index contributed by atoms with van der Waals surface area (Å²) in [5.74, 6) is 1.59. The smallest absolute Gasteiger partial charge is 0.200 e. The quantitative estimate of drug-likeness (QED) is 0.745. The van der Waals surface area contributed by atoms with Crippen LogP contribution >= 0.6 is 0 Å². The molecule has 3 rings (SSSR count). The van der Waals surface area contributed by atoms with Crippen LogP contribution in [0, 0.1) is 11.8 Å². The van der Waals surface area contributed by atoms with Crippen molar-refractivity contribution in [3.05, 3.63) is 35.4 Å². The van der Waals surface area contributed by atoms with Gasteiger partial charge in [-0.25, -0.2) is 0 Å². The van der Waals surface area contributed by atoms with Gasteiger partial charge >= 0.3 is 0 Å². The molecule has 0 bridgehead atoms. The summed E-state index contributed by atoms with van der Waals surface area (Å²) in [4.78, 5) is 0. The second-order valence-electron chi connectivity index (χ2n) is 7.24. The van der Waals surface area contributed by atoms with Gasteiger partial charge in [0.15, 0.2) is 23.0 Å². The van der Waals surface area contributed by atoms with Crippen LogP contribution in [0.5, 0.6) is 34.5 Å². The molecule has 1 aliphatic rings. The number of phenols is 2. The van der Waals surface area contributed by atoms with Crippen molar-refractivity contribution >= 4 is 0 Å².